The average molecular weight is 185 g/mol. The van der Waals surface area contributed by atoms with E-state index in [2.05, 4.69) is 12.8 Å². The van der Waals surface area contributed by atoms with Gasteiger partial charge in [0.25, 0.3) is 0 Å². The number of halogens is 2. The van der Waals surface area contributed by atoms with Gasteiger partial charge in [-0.25, -0.2) is 4.39 Å². The van der Waals surface area contributed by atoms with Crippen molar-refractivity contribution in [3.8, 4) is 12.8 Å². The maximum Gasteiger partial charge on any atom is 0.144 e. The van der Waals surface area contributed by atoms with Crippen LogP contribution in [0.3, 0.4) is 0 Å². The van der Waals surface area contributed by atoms with Crippen molar-refractivity contribution in [2.75, 3.05) is 0 Å². The van der Waals surface area contributed by atoms with Gasteiger partial charge in [-0.05, 0) is 25.0 Å². The molecular weight excluding hydrogens is 175 g/mol. The molecule has 0 nitrogen and oxygen atoms in total. The lowest BCUT2D eigenvalue weighted by atomic mass is 10.1. The van der Waals surface area contributed by atoms with Crippen molar-refractivity contribution in [2.45, 2.75) is 13.8 Å². The summed E-state index contributed by atoms with van der Waals surface area (Å²) in [7, 11) is 0. The second kappa shape index (κ2) is 4.79. The van der Waals surface area contributed by atoms with E-state index in [1.165, 1.54) is 0 Å². The summed E-state index contributed by atoms with van der Waals surface area (Å²) in [5.41, 5.74) is 1.38. The zero-order valence-corrected chi connectivity index (χ0v) is 7.82. The highest BCUT2D eigenvalue weighted by Crippen LogP contribution is 2.21. The van der Waals surface area contributed by atoms with Crippen molar-refractivity contribution in [2.24, 2.45) is 0 Å². The van der Waals surface area contributed by atoms with Crippen LogP contribution in [0.25, 0.3) is 0 Å². The standard InChI is InChI=1S/C8H8ClF.C2H2/c1-5-3-4-6(2)8(10)7(5)9;1-2/h3-4H,1-2H3;1-2H. The second-order valence-electron chi connectivity index (χ2n) is 2.33. The van der Waals surface area contributed by atoms with E-state index in [-0.39, 0.29) is 10.8 Å². The third-order valence-electron chi connectivity index (χ3n) is 1.47. The highest BCUT2D eigenvalue weighted by Gasteiger charge is 2.03. The highest BCUT2D eigenvalue weighted by molar-refractivity contribution is 6.31. The number of hydrogen-bond donors (Lipinski definition) is 0. The zero-order valence-electron chi connectivity index (χ0n) is 7.07. The normalized spacial score (nSPS) is 8.50. The zero-order chi connectivity index (χ0) is 9.72. The largest absolute Gasteiger partial charge is 0.205 e. The molecule has 12 heavy (non-hydrogen) atoms. The van der Waals surface area contributed by atoms with E-state index in [1.807, 2.05) is 0 Å². The van der Waals surface area contributed by atoms with Crippen molar-refractivity contribution in [1.82, 2.24) is 0 Å². The molecule has 64 valence electrons. The van der Waals surface area contributed by atoms with Crippen molar-refractivity contribution < 1.29 is 4.39 Å². The Kier molecular flexibility index (Phi) is 4.39. The van der Waals surface area contributed by atoms with Crippen LogP contribution in [-0.4, -0.2) is 0 Å². The molecule has 0 spiro atoms. The molecule has 0 bridgehead atoms. The molecule has 0 radical (unpaired) electrons. The Bertz CT molecular complexity index is 262. The predicted octanol–water partition coefficient (Wildman–Crippen LogP) is 3.35. The topological polar surface area (TPSA) is 0 Å². The van der Waals surface area contributed by atoms with Gasteiger partial charge in [0.2, 0.25) is 0 Å². The summed E-state index contributed by atoms with van der Waals surface area (Å²) in [6.07, 6.45) is 8.00. The molecule has 1 rings (SSSR count). The maximum atomic E-state index is 12.9. The smallest absolute Gasteiger partial charge is 0.144 e. The molecular formula is C10H10ClF. The Balaban J connectivity index is 0.000000561. The molecule has 0 unspecified atom stereocenters. The van der Waals surface area contributed by atoms with Gasteiger partial charge in [-0.15, -0.1) is 12.8 Å². The quantitative estimate of drug-likeness (QED) is 0.543. The van der Waals surface area contributed by atoms with E-state index in [1.54, 1.807) is 26.0 Å². The van der Waals surface area contributed by atoms with E-state index >= 15 is 0 Å². The van der Waals surface area contributed by atoms with E-state index in [0.29, 0.717) is 5.56 Å². The fourth-order valence-electron chi connectivity index (χ4n) is 0.743. The Hall–Kier alpha value is -1.00. The molecule has 2 heteroatoms. The average Bonchev–Trinajstić information content (AvgIpc) is 2.12. The molecule has 0 N–H and O–H groups in total. The molecule has 0 aliphatic carbocycles. The summed E-state index contributed by atoms with van der Waals surface area (Å²) < 4.78 is 12.9. The molecule has 1 aromatic carbocycles. The van der Waals surface area contributed by atoms with Crippen molar-refractivity contribution in [1.29, 1.82) is 0 Å². The SMILES string of the molecule is C#C.Cc1ccc(C)c(Cl)c1F. The number of rotatable bonds is 0. The van der Waals surface area contributed by atoms with Gasteiger partial charge in [0.15, 0.2) is 0 Å². The molecule has 0 amide bonds. The van der Waals surface area contributed by atoms with Gasteiger partial charge in [0, 0.05) is 0 Å². The first-order valence-corrected chi connectivity index (χ1v) is 3.75. The third kappa shape index (κ3) is 2.25. The van der Waals surface area contributed by atoms with Gasteiger partial charge < -0.3 is 0 Å². The van der Waals surface area contributed by atoms with Crippen LogP contribution in [0, 0.1) is 32.5 Å². The van der Waals surface area contributed by atoms with Crippen LogP contribution >= 0.6 is 11.6 Å². The molecule has 0 atom stereocenters. The first-order valence-electron chi connectivity index (χ1n) is 3.37. The fraction of sp³-hybridized carbons (Fsp3) is 0.200. The van der Waals surface area contributed by atoms with Crippen LogP contribution in [0.5, 0.6) is 0 Å². The molecule has 0 heterocycles. The van der Waals surface area contributed by atoms with E-state index in [4.69, 9.17) is 11.6 Å². The van der Waals surface area contributed by atoms with E-state index in [0.717, 1.165) is 5.56 Å². The van der Waals surface area contributed by atoms with Crippen molar-refractivity contribution in [3.63, 3.8) is 0 Å². The minimum Gasteiger partial charge on any atom is -0.205 e. The summed E-state index contributed by atoms with van der Waals surface area (Å²) >= 11 is 5.61. The second-order valence-corrected chi connectivity index (χ2v) is 2.71. The number of terminal acetylenes is 1. The molecule has 0 aliphatic heterocycles. The van der Waals surface area contributed by atoms with E-state index < -0.39 is 0 Å². The van der Waals surface area contributed by atoms with Crippen LogP contribution in [0.15, 0.2) is 12.1 Å². The monoisotopic (exact) mass is 184 g/mol. The minimum absolute atomic E-state index is 0.236. The van der Waals surface area contributed by atoms with Crippen LogP contribution in [0.4, 0.5) is 4.39 Å². The lowest BCUT2D eigenvalue weighted by molar-refractivity contribution is 0.618. The van der Waals surface area contributed by atoms with Crippen molar-refractivity contribution >= 4 is 11.6 Å². The van der Waals surface area contributed by atoms with Crippen LogP contribution in [-0.2, 0) is 0 Å². The fourth-order valence-corrected chi connectivity index (χ4v) is 0.955. The summed E-state index contributed by atoms with van der Waals surface area (Å²) in [5.74, 6) is -0.304. The Morgan fingerprint density at radius 1 is 1.17 bits per heavy atom. The summed E-state index contributed by atoms with van der Waals surface area (Å²) in [6.45, 7) is 3.48. The van der Waals surface area contributed by atoms with Gasteiger partial charge in [0.05, 0.1) is 5.02 Å². The van der Waals surface area contributed by atoms with Crippen LogP contribution in [0.1, 0.15) is 11.1 Å². The van der Waals surface area contributed by atoms with Gasteiger partial charge in [-0.1, -0.05) is 23.7 Å². The van der Waals surface area contributed by atoms with Gasteiger partial charge >= 0.3 is 0 Å². The van der Waals surface area contributed by atoms with Crippen LogP contribution in [0.2, 0.25) is 5.02 Å². The Morgan fingerprint density at radius 3 is 2.00 bits per heavy atom. The molecule has 0 aliphatic rings. The lowest BCUT2D eigenvalue weighted by Crippen LogP contribution is -1.85. The lowest BCUT2D eigenvalue weighted by Gasteiger charge is -2.00. The Labute approximate surface area is 77.4 Å². The number of aryl methyl sites for hydroxylation is 2. The third-order valence-corrected chi connectivity index (χ3v) is 1.93. The van der Waals surface area contributed by atoms with Crippen LogP contribution < -0.4 is 0 Å². The van der Waals surface area contributed by atoms with Gasteiger partial charge in [-0.2, -0.15) is 0 Å². The highest BCUT2D eigenvalue weighted by atomic mass is 35.5. The maximum absolute atomic E-state index is 12.9. The number of hydrogen-bond acceptors (Lipinski definition) is 0. The van der Waals surface area contributed by atoms with Gasteiger partial charge in [0.1, 0.15) is 5.82 Å². The number of benzene rings is 1. The minimum atomic E-state index is -0.304. The first-order chi connectivity index (χ1) is 5.63. The summed E-state index contributed by atoms with van der Waals surface area (Å²) in [4.78, 5) is 0. The predicted molar refractivity (Wildman–Crippen MR) is 50.8 cm³/mol. The molecule has 0 fully saturated rings. The molecule has 0 aromatic heterocycles. The summed E-state index contributed by atoms with van der Waals surface area (Å²) in [5, 5.41) is 0.236. The van der Waals surface area contributed by atoms with Crippen molar-refractivity contribution in [3.05, 3.63) is 34.1 Å². The first kappa shape index (κ1) is 11.0. The Morgan fingerprint density at radius 2 is 1.58 bits per heavy atom. The molecule has 1 aromatic rings. The van der Waals surface area contributed by atoms with E-state index in [9.17, 15) is 4.39 Å². The summed E-state index contributed by atoms with van der Waals surface area (Å²) in [6, 6.07) is 3.53. The van der Waals surface area contributed by atoms with Gasteiger partial charge in [-0.3, -0.25) is 0 Å². The molecule has 0 saturated carbocycles. The molecule has 0 saturated heterocycles.